The number of rotatable bonds is 7. The van der Waals surface area contributed by atoms with Gasteiger partial charge in [-0.15, -0.1) is 0 Å². The van der Waals surface area contributed by atoms with Crippen LogP contribution in [0, 0.1) is 5.92 Å². The Kier molecular flexibility index (Phi) is 7.22. The van der Waals surface area contributed by atoms with Crippen LogP contribution in [-0.4, -0.2) is 32.1 Å². The van der Waals surface area contributed by atoms with Crippen LogP contribution in [-0.2, 0) is 9.53 Å². The van der Waals surface area contributed by atoms with Crippen molar-refractivity contribution in [2.24, 2.45) is 5.92 Å². The average molecular weight is 358 g/mol. The molecule has 0 aliphatic heterocycles. The minimum atomic E-state index is -0.570. The number of halogens is 1. The van der Waals surface area contributed by atoms with E-state index in [9.17, 15) is 9.59 Å². The Morgan fingerprint density at radius 1 is 1.33 bits per heavy atom. The van der Waals surface area contributed by atoms with Crippen LogP contribution < -0.4 is 10.1 Å². The van der Waals surface area contributed by atoms with Gasteiger partial charge in [-0.05, 0) is 46.5 Å². The SMILES string of the molecule is COc1ccc(Br)c(C(=O)OCC(=O)NCCC(C)C)c1. The van der Waals surface area contributed by atoms with Crippen molar-refractivity contribution < 1.29 is 19.1 Å². The van der Waals surface area contributed by atoms with E-state index in [2.05, 4.69) is 35.1 Å². The molecule has 21 heavy (non-hydrogen) atoms. The molecule has 5 nitrogen and oxygen atoms in total. The Morgan fingerprint density at radius 3 is 2.67 bits per heavy atom. The monoisotopic (exact) mass is 357 g/mol. The van der Waals surface area contributed by atoms with Gasteiger partial charge in [0.15, 0.2) is 6.61 Å². The summed E-state index contributed by atoms with van der Waals surface area (Å²) in [5, 5.41) is 2.71. The molecule has 0 heterocycles. The smallest absolute Gasteiger partial charge is 0.339 e. The molecule has 0 unspecified atom stereocenters. The molecule has 6 heteroatoms. The van der Waals surface area contributed by atoms with Crippen LogP contribution in [0.5, 0.6) is 5.75 Å². The third-order valence-corrected chi connectivity index (χ3v) is 3.46. The number of carbonyl (C=O) groups is 2. The van der Waals surface area contributed by atoms with E-state index in [0.29, 0.717) is 28.2 Å². The van der Waals surface area contributed by atoms with Crippen molar-refractivity contribution in [3.8, 4) is 5.75 Å². The van der Waals surface area contributed by atoms with Gasteiger partial charge in [-0.3, -0.25) is 4.79 Å². The van der Waals surface area contributed by atoms with Crippen molar-refractivity contribution in [1.29, 1.82) is 0 Å². The van der Waals surface area contributed by atoms with Crippen LogP contribution in [0.15, 0.2) is 22.7 Å². The molecule has 0 fully saturated rings. The van der Waals surface area contributed by atoms with Gasteiger partial charge in [-0.2, -0.15) is 0 Å². The van der Waals surface area contributed by atoms with E-state index >= 15 is 0 Å². The van der Waals surface area contributed by atoms with E-state index in [4.69, 9.17) is 9.47 Å². The van der Waals surface area contributed by atoms with Gasteiger partial charge >= 0.3 is 5.97 Å². The van der Waals surface area contributed by atoms with Gasteiger partial charge in [0.2, 0.25) is 0 Å². The zero-order valence-electron chi connectivity index (χ0n) is 12.4. The molecule has 0 bridgehead atoms. The van der Waals surface area contributed by atoms with Crippen LogP contribution in [0.3, 0.4) is 0 Å². The topological polar surface area (TPSA) is 64.6 Å². The van der Waals surface area contributed by atoms with Crippen molar-refractivity contribution in [1.82, 2.24) is 5.32 Å². The van der Waals surface area contributed by atoms with Crippen molar-refractivity contribution in [3.63, 3.8) is 0 Å². The number of carbonyl (C=O) groups excluding carboxylic acids is 2. The lowest BCUT2D eigenvalue weighted by molar-refractivity contribution is -0.124. The summed E-state index contributed by atoms with van der Waals surface area (Å²) >= 11 is 3.27. The number of amides is 1. The maximum absolute atomic E-state index is 11.9. The van der Waals surface area contributed by atoms with Crippen LogP contribution in [0.4, 0.5) is 0 Å². The molecule has 116 valence electrons. The molecule has 0 spiro atoms. The van der Waals surface area contributed by atoms with Crippen molar-refractivity contribution in [3.05, 3.63) is 28.2 Å². The molecule has 0 aliphatic rings. The third kappa shape index (κ3) is 6.16. The highest BCUT2D eigenvalue weighted by atomic mass is 79.9. The zero-order valence-corrected chi connectivity index (χ0v) is 14.0. The van der Waals surface area contributed by atoms with Crippen LogP contribution in [0.2, 0.25) is 0 Å². The summed E-state index contributed by atoms with van der Waals surface area (Å²) in [4.78, 5) is 23.5. The first kappa shape index (κ1) is 17.5. The number of hydrogen-bond acceptors (Lipinski definition) is 4. The summed E-state index contributed by atoms with van der Waals surface area (Å²) in [5.41, 5.74) is 0.323. The van der Waals surface area contributed by atoms with Gasteiger partial charge < -0.3 is 14.8 Å². The summed E-state index contributed by atoms with van der Waals surface area (Å²) in [6, 6.07) is 4.97. The lowest BCUT2D eigenvalue weighted by Gasteiger charge is -2.09. The highest BCUT2D eigenvalue weighted by Gasteiger charge is 2.14. The lowest BCUT2D eigenvalue weighted by Crippen LogP contribution is -2.30. The van der Waals surface area contributed by atoms with Crippen LogP contribution in [0.1, 0.15) is 30.6 Å². The van der Waals surface area contributed by atoms with Crippen LogP contribution >= 0.6 is 15.9 Å². The van der Waals surface area contributed by atoms with E-state index in [0.717, 1.165) is 6.42 Å². The average Bonchev–Trinajstić information content (AvgIpc) is 2.45. The molecule has 0 saturated carbocycles. The minimum absolute atomic E-state index is 0.291. The van der Waals surface area contributed by atoms with Gasteiger partial charge in [-0.25, -0.2) is 4.79 Å². The molecule has 0 aliphatic carbocycles. The Labute approximate surface area is 133 Å². The van der Waals surface area contributed by atoms with Gasteiger partial charge in [0.05, 0.1) is 12.7 Å². The first-order valence-corrected chi connectivity index (χ1v) is 7.50. The van der Waals surface area contributed by atoms with E-state index in [1.807, 2.05) is 0 Å². The lowest BCUT2D eigenvalue weighted by atomic mass is 10.1. The van der Waals surface area contributed by atoms with Gasteiger partial charge in [-0.1, -0.05) is 13.8 Å². The Morgan fingerprint density at radius 2 is 2.05 bits per heavy atom. The fourth-order valence-corrected chi connectivity index (χ4v) is 1.96. The second kappa shape index (κ2) is 8.67. The van der Waals surface area contributed by atoms with Crippen molar-refractivity contribution in [2.45, 2.75) is 20.3 Å². The fourth-order valence-electron chi connectivity index (χ4n) is 1.55. The normalized spacial score (nSPS) is 10.3. The number of hydrogen-bond donors (Lipinski definition) is 1. The first-order valence-electron chi connectivity index (χ1n) is 6.71. The molecule has 0 radical (unpaired) electrons. The summed E-state index contributed by atoms with van der Waals surface area (Å²) in [6.07, 6.45) is 0.890. The van der Waals surface area contributed by atoms with E-state index in [-0.39, 0.29) is 12.5 Å². The maximum atomic E-state index is 11.9. The van der Waals surface area contributed by atoms with Gasteiger partial charge in [0.25, 0.3) is 5.91 Å². The summed E-state index contributed by atoms with van der Waals surface area (Å²) < 4.78 is 10.6. The first-order chi connectivity index (χ1) is 9.93. The number of methoxy groups -OCH3 is 1. The Bertz CT molecular complexity index is 502. The Balaban J connectivity index is 2.48. The minimum Gasteiger partial charge on any atom is -0.497 e. The summed E-state index contributed by atoms with van der Waals surface area (Å²) in [7, 11) is 1.51. The summed E-state index contributed by atoms with van der Waals surface area (Å²) in [5.74, 6) is 0.190. The molecule has 1 aromatic rings. The van der Waals surface area contributed by atoms with E-state index < -0.39 is 5.97 Å². The molecule has 1 N–H and O–H groups in total. The largest absolute Gasteiger partial charge is 0.497 e. The van der Waals surface area contributed by atoms with Crippen molar-refractivity contribution in [2.75, 3.05) is 20.3 Å². The Hall–Kier alpha value is -1.56. The van der Waals surface area contributed by atoms with Gasteiger partial charge in [0, 0.05) is 11.0 Å². The summed E-state index contributed by atoms with van der Waals surface area (Å²) in [6.45, 7) is 4.44. The molecular formula is C15H20BrNO4. The number of esters is 1. The molecular weight excluding hydrogens is 338 g/mol. The highest BCUT2D eigenvalue weighted by molar-refractivity contribution is 9.10. The fraction of sp³-hybridized carbons (Fsp3) is 0.467. The standard InChI is InChI=1S/C15H20BrNO4/c1-10(2)6-7-17-14(18)9-21-15(19)12-8-11(20-3)4-5-13(12)16/h4-5,8,10H,6-7,9H2,1-3H3,(H,17,18). The second-order valence-corrected chi connectivity index (χ2v) is 5.81. The molecule has 1 amide bonds. The van der Waals surface area contributed by atoms with E-state index in [1.165, 1.54) is 7.11 Å². The molecule has 0 saturated heterocycles. The number of benzene rings is 1. The number of nitrogens with one attached hydrogen (secondary N) is 1. The van der Waals surface area contributed by atoms with E-state index in [1.54, 1.807) is 18.2 Å². The number of ether oxygens (including phenoxy) is 2. The molecule has 1 rings (SSSR count). The predicted molar refractivity (Wildman–Crippen MR) is 83.4 cm³/mol. The quantitative estimate of drug-likeness (QED) is 0.762. The highest BCUT2D eigenvalue weighted by Crippen LogP contribution is 2.23. The molecule has 0 aromatic heterocycles. The van der Waals surface area contributed by atoms with Crippen molar-refractivity contribution >= 4 is 27.8 Å². The van der Waals surface area contributed by atoms with Gasteiger partial charge in [0.1, 0.15) is 5.75 Å². The second-order valence-electron chi connectivity index (χ2n) is 4.95. The van der Waals surface area contributed by atoms with Crippen LogP contribution in [0.25, 0.3) is 0 Å². The zero-order chi connectivity index (χ0) is 15.8. The molecule has 1 aromatic carbocycles. The molecule has 0 atom stereocenters. The maximum Gasteiger partial charge on any atom is 0.339 e. The predicted octanol–water partition coefficient (Wildman–Crippen LogP) is 2.78. The third-order valence-electron chi connectivity index (χ3n) is 2.77.